The zero-order valence-electron chi connectivity index (χ0n) is 12.8. The molecular formula is C15H19IN6S. The maximum Gasteiger partial charge on any atom is 0.191 e. The Morgan fingerprint density at radius 1 is 1.26 bits per heavy atom. The minimum atomic E-state index is 0. The van der Waals surface area contributed by atoms with Crippen LogP contribution in [0.2, 0.25) is 0 Å². The molecule has 0 fully saturated rings. The lowest BCUT2D eigenvalue weighted by molar-refractivity contribution is 0.761. The quantitative estimate of drug-likeness (QED) is 0.362. The molecule has 0 saturated carbocycles. The smallest absolute Gasteiger partial charge is 0.191 e. The summed E-state index contributed by atoms with van der Waals surface area (Å²) in [5.74, 6) is 1.73. The summed E-state index contributed by atoms with van der Waals surface area (Å²) in [6.07, 6.45) is 2.76. The number of fused-ring (bicyclic) bond motifs is 1. The van der Waals surface area contributed by atoms with Crippen molar-refractivity contribution < 1.29 is 0 Å². The summed E-state index contributed by atoms with van der Waals surface area (Å²) in [5, 5.41) is 19.2. The summed E-state index contributed by atoms with van der Waals surface area (Å²) >= 11 is 1.70. The zero-order chi connectivity index (χ0) is 15.2. The molecule has 0 atom stereocenters. The summed E-state index contributed by atoms with van der Waals surface area (Å²) < 4.78 is 2.00. The van der Waals surface area contributed by atoms with E-state index in [0.29, 0.717) is 0 Å². The maximum absolute atomic E-state index is 4.22. The number of nitrogens with zero attached hydrogens (tertiary/aromatic N) is 4. The van der Waals surface area contributed by atoms with Crippen LogP contribution in [-0.2, 0) is 13.0 Å². The van der Waals surface area contributed by atoms with Crippen molar-refractivity contribution in [3.63, 3.8) is 0 Å². The molecule has 0 aliphatic carbocycles. The average molecular weight is 442 g/mol. The monoisotopic (exact) mass is 442 g/mol. The fourth-order valence-electron chi connectivity index (χ4n) is 2.15. The standard InChI is InChI=1S/C15H18N6S.HI/c1-16-15(18-10-12-6-9-22-11-12)17-7-5-14-20-19-13-4-2-3-8-21(13)14;/h2-4,6,8-9,11H,5,7,10H2,1H3,(H2,16,17,18);1H. The van der Waals surface area contributed by atoms with Crippen LogP contribution in [0.5, 0.6) is 0 Å². The Bertz CT molecular complexity index is 752. The van der Waals surface area contributed by atoms with E-state index in [1.165, 1.54) is 5.56 Å². The first-order chi connectivity index (χ1) is 10.9. The molecule has 2 N–H and O–H groups in total. The van der Waals surface area contributed by atoms with Gasteiger partial charge in [0.1, 0.15) is 5.82 Å². The molecule has 3 aromatic rings. The van der Waals surface area contributed by atoms with Crippen molar-refractivity contribution in [1.82, 2.24) is 25.2 Å². The molecule has 3 rings (SSSR count). The van der Waals surface area contributed by atoms with Crippen LogP contribution in [0.1, 0.15) is 11.4 Å². The summed E-state index contributed by atoms with van der Waals surface area (Å²) in [6, 6.07) is 8.00. The third kappa shape index (κ3) is 4.64. The van der Waals surface area contributed by atoms with Crippen LogP contribution in [-0.4, -0.2) is 34.2 Å². The topological polar surface area (TPSA) is 66.6 Å². The van der Waals surface area contributed by atoms with Gasteiger partial charge in [-0.25, -0.2) is 0 Å². The number of pyridine rings is 1. The van der Waals surface area contributed by atoms with Crippen molar-refractivity contribution in [2.45, 2.75) is 13.0 Å². The number of halogens is 1. The van der Waals surface area contributed by atoms with Gasteiger partial charge in [0.05, 0.1) is 0 Å². The number of hydrogen-bond donors (Lipinski definition) is 2. The van der Waals surface area contributed by atoms with Crippen molar-refractivity contribution in [2.75, 3.05) is 13.6 Å². The molecule has 3 heterocycles. The van der Waals surface area contributed by atoms with Gasteiger partial charge in [-0.15, -0.1) is 34.2 Å². The van der Waals surface area contributed by atoms with Gasteiger partial charge < -0.3 is 10.6 Å². The van der Waals surface area contributed by atoms with Crippen LogP contribution >= 0.6 is 35.3 Å². The summed E-state index contributed by atoms with van der Waals surface area (Å²) in [6.45, 7) is 1.52. The summed E-state index contributed by atoms with van der Waals surface area (Å²) in [4.78, 5) is 4.22. The molecule has 0 aromatic carbocycles. The Morgan fingerprint density at radius 2 is 2.17 bits per heavy atom. The van der Waals surface area contributed by atoms with Crippen molar-refractivity contribution in [2.24, 2.45) is 4.99 Å². The Labute approximate surface area is 156 Å². The van der Waals surface area contributed by atoms with E-state index in [0.717, 1.165) is 36.9 Å². The van der Waals surface area contributed by atoms with Gasteiger partial charge in [0.15, 0.2) is 11.6 Å². The fraction of sp³-hybridized carbons (Fsp3) is 0.267. The van der Waals surface area contributed by atoms with E-state index in [4.69, 9.17) is 0 Å². The first-order valence-electron chi connectivity index (χ1n) is 7.11. The van der Waals surface area contributed by atoms with Gasteiger partial charge in [0.2, 0.25) is 0 Å². The van der Waals surface area contributed by atoms with E-state index in [2.05, 4.69) is 42.6 Å². The van der Waals surface area contributed by atoms with Gasteiger partial charge in [-0.2, -0.15) is 11.3 Å². The Kier molecular flexibility index (Phi) is 6.78. The second-order valence-corrected chi connectivity index (χ2v) is 5.56. The molecule has 8 heteroatoms. The first kappa shape index (κ1) is 17.7. The van der Waals surface area contributed by atoms with E-state index in [-0.39, 0.29) is 24.0 Å². The van der Waals surface area contributed by atoms with Gasteiger partial charge in [-0.3, -0.25) is 9.39 Å². The molecule has 0 amide bonds. The lowest BCUT2D eigenvalue weighted by Crippen LogP contribution is -2.37. The number of aliphatic imine (C=N–C) groups is 1. The van der Waals surface area contributed by atoms with Gasteiger partial charge in [-0.1, -0.05) is 6.07 Å². The van der Waals surface area contributed by atoms with Crippen molar-refractivity contribution >= 4 is 46.9 Å². The minimum Gasteiger partial charge on any atom is -0.356 e. The van der Waals surface area contributed by atoms with E-state index in [1.54, 1.807) is 18.4 Å². The van der Waals surface area contributed by atoms with Crippen molar-refractivity contribution in [3.8, 4) is 0 Å². The number of thiophene rings is 1. The highest BCUT2D eigenvalue weighted by Gasteiger charge is 2.05. The molecule has 0 aliphatic heterocycles. The highest BCUT2D eigenvalue weighted by atomic mass is 127. The number of aromatic nitrogens is 3. The second kappa shape index (κ2) is 8.82. The van der Waals surface area contributed by atoms with Gasteiger partial charge in [0, 0.05) is 32.8 Å². The molecule has 0 spiro atoms. The highest BCUT2D eigenvalue weighted by Crippen LogP contribution is 2.05. The molecular weight excluding hydrogens is 423 g/mol. The first-order valence-corrected chi connectivity index (χ1v) is 8.05. The van der Waals surface area contributed by atoms with Crippen molar-refractivity contribution in [1.29, 1.82) is 0 Å². The minimum absolute atomic E-state index is 0. The SMILES string of the molecule is CN=C(NCCc1nnc2ccccn12)NCc1ccsc1.I. The third-order valence-corrected chi connectivity index (χ3v) is 4.02. The van der Waals surface area contributed by atoms with Crippen LogP contribution in [0, 0.1) is 0 Å². The van der Waals surface area contributed by atoms with Gasteiger partial charge >= 0.3 is 0 Å². The average Bonchev–Trinajstić information content (AvgIpc) is 3.20. The molecule has 0 bridgehead atoms. The molecule has 23 heavy (non-hydrogen) atoms. The molecule has 3 aromatic heterocycles. The van der Waals surface area contributed by atoms with Crippen LogP contribution < -0.4 is 10.6 Å². The largest absolute Gasteiger partial charge is 0.356 e. The number of hydrogen-bond acceptors (Lipinski definition) is 4. The molecule has 0 radical (unpaired) electrons. The van der Waals surface area contributed by atoms with Gasteiger partial charge in [-0.05, 0) is 34.5 Å². The Balaban J connectivity index is 0.00000192. The number of rotatable bonds is 5. The lowest BCUT2D eigenvalue weighted by Gasteiger charge is -2.10. The number of guanidine groups is 1. The molecule has 0 aliphatic rings. The predicted molar refractivity (Wildman–Crippen MR) is 105 cm³/mol. The van der Waals surface area contributed by atoms with Crippen LogP contribution in [0.15, 0.2) is 46.2 Å². The van der Waals surface area contributed by atoms with E-state index >= 15 is 0 Å². The molecule has 0 unspecified atom stereocenters. The third-order valence-electron chi connectivity index (χ3n) is 3.29. The molecule has 0 saturated heterocycles. The van der Waals surface area contributed by atoms with E-state index in [1.807, 2.05) is 28.8 Å². The molecule has 6 nitrogen and oxygen atoms in total. The van der Waals surface area contributed by atoms with Gasteiger partial charge in [0.25, 0.3) is 0 Å². The fourth-order valence-corrected chi connectivity index (χ4v) is 2.82. The van der Waals surface area contributed by atoms with Crippen LogP contribution in [0.4, 0.5) is 0 Å². The highest BCUT2D eigenvalue weighted by molar-refractivity contribution is 14.0. The van der Waals surface area contributed by atoms with Crippen LogP contribution in [0.25, 0.3) is 5.65 Å². The lowest BCUT2D eigenvalue weighted by atomic mass is 10.3. The Hall–Kier alpha value is -1.68. The second-order valence-electron chi connectivity index (χ2n) is 4.78. The van der Waals surface area contributed by atoms with E-state index in [9.17, 15) is 0 Å². The number of nitrogens with one attached hydrogen (secondary N) is 2. The predicted octanol–water partition coefficient (Wildman–Crippen LogP) is 2.32. The van der Waals surface area contributed by atoms with Crippen molar-refractivity contribution in [3.05, 3.63) is 52.6 Å². The zero-order valence-corrected chi connectivity index (χ0v) is 15.9. The molecule has 122 valence electrons. The normalized spacial score (nSPS) is 11.3. The Morgan fingerprint density at radius 3 is 2.96 bits per heavy atom. The van der Waals surface area contributed by atoms with Crippen LogP contribution in [0.3, 0.4) is 0 Å². The summed E-state index contributed by atoms with van der Waals surface area (Å²) in [5.41, 5.74) is 2.13. The summed E-state index contributed by atoms with van der Waals surface area (Å²) in [7, 11) is 1.77. The van der Waals surface area contributed by atoms with E-state index < -0.39 is 0 Å². The maximum atomic E-state index is 4.22.